The number of rotatable bonds is 13. The molecule has 0 spiro atoms. The molecule has 0 fully saturated rings. The highest BCUT2D eigenvalue weighted by molar-refractivity contribution is 7.89. The van der Waals surface area contributed by atoms with Crippen molar-refractivity contribution in [2.75, 3.05) is 19.8 Å². The normalized spacial score (nSPS) is 11.6. The zero-order valence-electron chi connectivity index (χ0n) is 22.0. The SMILES string of the molecule is CCCOc1ccc(/C=N\NC(=O)CN(Cc2ccc(Cl)cc2Cl)S(=O)(=O)c2ccc(C)cc2)cc1OCC. The van der Waals surface area contributed by atoms with E-state index in [0.717, 1.165) is 16.3 Å². The first-order valence-corrected chi connectivity index (χ1v) is 14.6. The number of hydrogen-bond acceptors (Lipinski definition) is 6. The summed E-state index contributed by atoms with van der Waals surface area (Å²) in [6.45, 7) is 6.14. The number of halogens is 2. The van der Waals surface area contributed by atoms with Gasteiger partial charge in [-0.15, -0.1) is 0 Å². The number of nitrogens with one attached hydrogen (secondary N) is 1. The molecule has 208 valence electrons. The molecule has 3 aromatic rings. The van der Waals surface area contributed by atoms with E-state index in [4.69, 9.17) is 32.7 Å². The van der Waals surface area contributed by atoms with Gasteiger partial charge in [-0.25, -0.2) is 13.8 Å². The third kappa shape index (κ3) is 8.69. The molecule has 0 aliphatic heterocycles. The van der Waals surface area contributed by atoms with Crippen LogP contribution in [-0.2, 0) is 21.4 Å². The molecule has 8 nitrogen and oxygen atoms in total. The van der Waals surface area contributed by atoms with Crippen molar-refractivity contribution in [2.24, 2.45) is 5.10 Å². The van der Waals surface area contributed by atoms with Crippen molar-refractivity contribution in [3.05, 3.63) is 87.4 Å². The van der Waals surface area contributed by atoms with Crippen LogP contribution in [0.3, 0.4) is 0 Å². The smallest absolute Gasteiger partial charge is 0.255 e. The Morgan fingerprint density at radius 1 is 1.00 bits per heavy atom. The van der Waals surface area contributed by atoms with Crippen molar-refractivity contribution < 1.29 is 22.7 Å². The maximum atomic E-state index is 13.5. The van der Waals surface area contributed by atoms with Crippen LogP contribution in [0, 0.1) is 6.92 Å². The van der Waals surface area contributed by atoms with Gasteiger partial charge in [0, 0.05) is 16.6 Å². The van der Waals surface area contributed by atoms with E-state index in [1.807, 2.05) is 20.8 Å². The zero-order valence-corrected chi connectivity index (χ0v) is 24.3. The second-order valence-electron chi connectivity index (χ2n) is 8.60. The first-order valence-electron chi connectivity index (χ1n) is 12.4. The lowest BCUT2D eigenvalue weighted by atomic mass is 10.2. The molecule has 0 saturated heterocycles. The van der Waals surface area contributed by atoms with Crippen molar-refractivity contribution in [3.8, 4) is 11.5 Å². The van der Waals surface area contributed by atoms with Gasteiger partial charge in [0.25, 0.3) is 5.91 Å². The van der Waals surface area contributed by atoms with Crippen LogP contribution < -0.4 is 14.9 Å². The molecule has 0 aliphatic rings. The largest absolute Gasteiger partial charge is 0.490 e. The van der Waals surface area contributed by atoms with E-state index >= 15 is 0 Å². The van der Waals surface area contributed by atoms with Crippen molar-refractivity contribution in [1.29, 1.82) is 0 Å². The Morgan fingerprint density at radius 3 is 2.41 bits per heavy atom. The van der Waals surface area contributed by atoms with Gasteiger partial charge < -0.3 is 9.47 Å². The Balaban J connectivity index is 1.78. The average molecular weight is 593 g/mol. The Bertz CT molecular complexity index is 1410. The highest BCUT2D eigenvalue weighted by Crippen LogP contribution is 2.28. The van der Waals surface area contributed by atoms with E-state index in [2.05, 4.69) is 10.5 Å². The molecular weight excluding hydrogens is 561 g/mol. The molecule has 0 saturated carbocycles. The van der Waals surface area contributed by atoms with E-state index < -0.39 is 22.5 Å². The molecule has 0 aliphatic carbocycles. The summed E-state index contributed by atoms with van der Waals surface area (Å²) in [5.41, 5.74) is 4.48. The summed E-state index contributed by atoms with van der Waals surface area (Å²) in [4.78, 5) is 12.9. The summed E-state index contributed by atoms with van der Waals surface area (Å²) >= 11 is 12.3. The van der Waals surface area contributed by atoms with E-state index in [1.54, 1.807) is 42.5 Å². The molecule has 0 heterocycles. The predicted molar refractivity (Wildman–Crippen MR) is 154 cm³/mol. The zero-order chi connectivity index (χ0) is 28.4. The van der Waals surface area contributed by atoms with Gasteiger partial charge in [0.05, 0.1) is 30.9 Å². The minimum atomic E-state index is -4.04. The van der Waals surface area contributed by atoms with Crippen molar-refractivity contribution in [2.45, 2.75) is 38.6 Å². The van der Waals surface area contributed by atoms with E-state index in [-0.39, 0.29) is 11.4 Å². The number of sulfonamides is 1. The van der Waals surface area contributed by atoms with Gasteiger partial charge in [-0.3, -0.25) is 4.79 Å². The molecule has 0 bridgehead atoms. The number of amides is 1. The van der Waals surface area contributed by atoms with Crippen LogP contribution in [0.15, 0.2) is 70.7 Å². The van der Waals surface area contributed by atoms with E-state index in [0.29, 0.717) is 45.9 Å². The number of nitrogens with zero attached hydrogens (tertiary/aromatic N) is 2. The topological polar surface area (TPSA) is 97.3 Å². The van der Waals surface area contributed by atoms with Crippen LogP contribution in [0.5, 0.6) is 11.5 Å². The minimum Gasteiger partial charge on any atom is -0.490 e. The lowest BCUT2D eigenvalue weighted by Crippen LogP contribution is -2.39. The minimum absolute atomic E-state index is 0.0586. The molecule has 1 N–H and O–H groups in total. The highest BCUT2D eigenvalue weighted by atomic mass is 35.5. The Morgan fingerprint density at radius 2 is 1.74 bits per heavy atom. The van der Waals surface area contributed by atoms with Gasteiger partial charge >= 0.3 is 0 Å². The number of hydrogen-bond donors (Lipinski definition) is 1. The fourth-order valence-corrected chi connectivity index (χ4v) is 5.35. The lowest BCUT2D eigenvalue weighted by molar-refractivity contribution is -0.121. The summed E-state index contributed by atoms with van der Waals surface area (Å²) in [7, 11) is -4.04. The van der Waals surface area contributed by atoms with Crippen molar-refractivity contribution >= 4 is 45.3 Å². The third-order valence-corrected chi connectivity index (χ3v) is 7.87. The average Bonchev–Trinajstić information content (AvgIpc) is 2.89. The molecule has 39 heavy (non-hydrogen) atoms. The second kappa shape index (κ2) is 14.3. The monoisotopic (exact) mass is 591 g/mol. The number of hydrazone groups is 1. The number of aryl methyl sites for hydroxylation is 1. The molecule has 3 rings (SSSR count). The highest BCUT2D eigenvalue weighted by Gasteiger charge is 2.27. The molecule has 1 amide bonds. The fraction of sp³-hybridized carbons (Fsp3) is 0.286. The van der Waals surface area contributed by atoms with Crippen LogP contribution in [0.1, 0.15) is 37.0 Å². The Hall–Kier alpha value is -3.11. The maximum absolute atomic E-state index is 13.5. The Kier molecular flexibility index (Phi) is 11.2. The standard InChI is InChI=1S/C28H31Cl2N3O5S/c1-4-14-38-26-13-8-21(15-27(26)37-5-2)17-31-32-28(34)19-33(18-22-9-10-23(29)16-25(22)30)39(35,36)24-11-6-20(3)7-12-24/h6-13,15-17H,4-5,14,18-19H2,1-3H3,(H,32,34)/b31-17-. The maximum Gasteiger partial charge on any atom is 0.255 e. The van der Waals surface area contributed by atoms with Gasteiger partial charge in [-0.1, -0.05) is 53.9 Å². The first kappa shape index (κ1) is 30.4. The molecule has 0 unspecified atom stereocenters. The van der Waals surface area contributed by atoms with Gasteiger partial charge in [0.2, 0.25) is 10.0 Å². The molecule has 0 atom stereocenters. The number of benzene rings is 3. The van der Waals surface area contributed by atoms with Crippen LogP contribution >= 0.6 is 23.2 Å². The second-order valence-corrected chi connectivity index (χ2v) is 11.4. The molecule has 3 aromatic carbocycles. The predicted octanol–water partition coefficient (Wildman–Crippen LogP) is 5.83. The first-order chi connectivity index (χ1) is 18.6. The molecule has 11 heteroatoms. The van der Waals surface area contributed by atoms with Crippen LogP contribution in [0.4, 0.5) is 0 Å². The lowest BCUT2D eigenvalue weighted by Gasteiger charge is -2.22. The van der Waals surface area contributed by atoms with Gasteiger partial charge in [0.1, 0.15) is 0 Å². The molecular formula is C28H31Cl2N3O5S. The van der Waals surface area contributed by atoms with Crippen LogP contribution in [-0.4, -0.2) is 44.6 Å². The third-order valence-electron chi connectivity index (χ3n) is 5.47. The summed E-state index contributed by atoms with van der Waals surface area (Å²) in [5.74, 6) is 0.564. The van der Waals surface area contributed by atoms with Gasteiger partial charge in [0.15, 0.2) is 11.5 Å². The van der Waals surface area contributed by atoms with Crippen LogP contribution in [0.2, 0.25) is 10.0 Å². The van der Waals surface area contributed by atoms with E-state index in [9.17, 15) is 13.2 Å². The van der Waals surface area contributed by atoms with E-state index in [1.165, 1.54) is 24.4 Å². The molecule has 0 radical (unpaired) electrons. The van der Waals surface area contributed by atoms with Crippen LogP contribution in [0.25, 0.3) is 0 Å². The Labute approximate surface area is 239 Å². The van der Waals surface area contributed by atoms with Crippen molar-refractivity contribution in [1.82, 2.24) is 9.73 Å². The summed E-state index contributed by atoms with van der Waals surface area (Å²) in [5, 5.41) is 4.72. The quantitative estimate of drug-likeness (QED) is 0.199. The fourth-order valence-electron chi connectivity index (χ4n) is 3.50. The number of ether oxygens (including phenoxy) is 2. The summed E-state index contributed by atoms with van der Waals surface area (Å²) in [6.07, 6.45) is 2.31. The summed E-state index contributed by atoms with van der Waals surface area (Å²) in [6, 6.07) is 16.5. The number of carbonyl (C=O) groups is 1. The van der Waals surface area contributed by atoms with Crippen molar-refractivity contribution in [3.63, 3.8) is 0 Å². The van der Waals surface area contributed by atoms with Gasteiger partial charge in [-0.2, -0.15) is 9.41 Å². The summed E-state index contributed by atoms with van der Waals surface area (Å²) < 4.78 is 39.3. The molecule has 0 aromatic heterocycles. The number of carbonyl (C=O) groups excluding carboxylic acids is 1. The van der Waals surface area contributed by atoms with Gasteiger partial charge in [-0.05, 0) is 73.9 Å².